The van der Waals surface area contributed by atoms with Gasteiger partial charge in [-0.1, -0.05) is 18.2 Å². The molecular formula is C21H13N5O2. The highest BCUT2D eigenvalue weighted by Crippen LogP contribution is 2.13. The van der Waals surface area contributed by atoms with Crippen LogP contribution in [0.3, 0.4) is 0 Å². The topological polar surface area (TPSA) is 119 Å². The van der Waals surface area contributed by atoms with Crippen LogP contribution in [0.1, 0.15) is 32.1 Å². The molecule has 3 rings (SSSR count). The van der Waals surface area contributed by atoms with Crippen molar-refractivity contribution < 1.29 is 9.59 Å². The van der Waals surface area contributed by atoms with E-state index in [1.54, 1.807) is 42.5 Å². The number of nitrogens with one attached hydrogen (secondary N) is 2. The van der Waals surface area contributed by atoms with Crippen molar-refractivity contribution in [2.75, 3.05) is 10.6 Å². The standard InChI is InChI=1S/C21H13N5O2/c22-12-14-4-1-6-16(10-14)24-20(27)18-8-3-9-19(26-18)21(28)25-17-7-2-5-15(11-17)13-23/h1-11H,(H,24,27)(H,25,28). The summed E-state index contributed by atoms with van der Waals surface area (Å²) in [6, 6.07) is 21.4. The lowest BCUT2D eigenvalue weighted by molar-refractivity contribution is 0.101. The molecule has 0 aliphatic carbocycles. The molecule has 0 spiro atoms. The van der Waals surface area contributed by atoms with Gasteiger partial charge in [-0.25, -0.2) is 4.98 Å². The van der Waals surface area contributed by atoms with Crippen LogP contribution in [0.5, 0.6) is 0 Å². The van der Waals surface area contributed by atoms with Gasteiger partial charge in [-0.05, 0) is 48.5 Å². The lowest BCUT2D eigenvalue weighted by Gasteiger charge is -2.08. The normalized spacial score (nSPS) is 9.64. The molecular weight excluding hydrogens is 354 g/mol. The number of nitriles is 2. The molecule has 0 radical (unpaired) electrons. The fraction of sp³-hybridized carbons (Fsp3) is 0. The molecule has 7 nitrogen and oxygen atoms in total. The van der Waals surface area contributed by atoms with Crippen LogP contribution in [0.25, 0.3) is 0 Å². The largest absolute Gasteiger partial charge is 0.321 e. The second-order valence-electron chi connectivity index (χ2n) is 5.70. The Hall–Kier alpha value is -4.49. The van der Waals surface area contributed by atoms with Gasteiger partial charge < -0.3 is 10.6 Å². The highest BCUT2D eigenvalue weighted by molar-refractivity contribution is 6.06. The number of benzene rings is 2. The van der Waals surface area contributed by atoms with Gasteiger partial charge in [-0.3, -0.25) is 9.59 Å². The second-order valence-corrected chi connectivity index (χ2v) is 5.70. The summed E-state index contributed by atoms with van der Waals surface area (Å²) in [5.74, 6) is -1.01. The predicted octanol–water partition coefficient (Wildman–Crippen LogP) is 3.33. The third-order valence-electron chi connectivity index (χ3n) is 3.71. The number of carbonyl (C=O) groups is 2. The van der Waals surface area contributed by atoms with E-state index in [9.17, 15) is 9.59 Å². The van der Waals surface area contributed by atoms with Crippen molar-refractivity contribution in [1.82, 2.24) is 4.98 Å². The van der Waals surface area contributed by atoms with Crippen molar-refractivity contribution in [2.24, 2.45) is 0 Å². The molecule has 2 aromatic carbocycles. The van der Waals surface area contributed by atoms with E-state index in [4.69, 9.17) is 10.5 Å². The van der Waals surface area contributed by atoms with Crippen LogP contribution < -0.4 is 10.6 Å². The summed E-state index contributed by atoms with van der Waals surface area (Å²) >= 11 is 0. The summed E-state index contributed by atoms with van der Waals surface area (Å²) < 4.78 is 0. The Morgan fingerprint density at radius 1 is 0.714 bits per heavy atom. The fourth-order valence-electron chi connectivity index (χ4n) is 2.41. The molecule has 1 heterocycles. The first kappa shape index (κ1) is 18.3. The molecule has 1 aromatic heterocycles. The van der Waals surface area contributed by atoms with Crippen molar-refractivity contribution in [3.05, 3.63) is 89.2 Å². The summed E-state index contributed by atoms with van der Waals surface area (Å²) in [6.07, 6.45) is 0. The van der Waals surface area contributed by atoms with Gasteiger partial charge in [0.2, 0.25) is 0 Å². The number of nitrogens with zero attached hydrogens (tertiary/aromatic N) is 3. The Labute approximate surface area is 160 Å². The van der Waals surface area contributed by atoms with E-state index in [1.807, 2.05) is 12.1 Å². The van der Waals surface area contributed by atoms with Crippen LogP contribution >= 0.6 is 0 Å². The molecule has 28 heavy (non-hydrogen) atoms. The smallest absolute Gasteiger partial charge is 0.274 e. The Morgan fingerprint density at radius 3 is 1.57 bits per heavy atom. The van der Waals surface area contributed by atoms with Gasteiger partial charge in [0.15, 0.2) is 0 Å². The predicted molar refractivity (Wildman–Crippen MR) is 102 cm³/mol. The number of amides is 2. The van der Waals surface area contributed by atoms with Crippen LogP contribution in [-0.4, -0.2) is 16.8 Å². The third-order valence-corrected chi connectivity index (χ3v) is 3.71. The monoisotopic (exact) mass is 367 g/mol. The Morgan fingerprint density at radius 2 is 1.14 bits per heavy atom. The van der Waals surface area contributed by atoms with Gasteiger partial charge in [-0.2, -0.15) is 10.5 Å². The Balaban J connectivity index is 1.75. The van der Waals surface area contributed by atoms with Gasteiger partial charge in [0.05, 0.1) is 23.3 Å². The minimum Gasteiger partial charge on any atom is -0.321 e. The first-order chi connectivity index (χ1) is 13.6. The third kappa shape index (κ3) is 4.37. The zero-order chi connectivity index (χ0) is 19.9. The number of hydrogen-bond acceptors (Lipinski definition) is 5. The quantitative estimate of drug-likeness (QED) is 0.733. The van der Waals surface area contributed by atoms with Crippen LogP contribution in [-0.2, 0) is 0 Å². The van der Waals surface area contributed by atoms with E-state index in [0.29, 0.717) is 22.5 Å². The summed E-state index contributed by atoms with van der Waals surface area (Å²) in [7, 11) is 0. The van der Waals surface area contributed by atoms with Crippen molar-refractivity contribution in [3.63, 3.8) is 0 Å². The maximum atomic E-state index is 12.4. The lowest BCUT2D eigenvalue weighted by Crippen LogP contribution is -2.18. The van der Waals surface area contributed by atoms with Gasteiger partial charge in [0, 0.05) is 11.4 Å². The highest BCUT2D eigenvalue weighted by atomic mass is 16.2. The first-order valence-electron chi connectivity index (χ1n) is 8.19. The van der Waals surface area contributed by atoms with Crippen molar-refractivity contribution in [3.8, 4) is 12.1 Å². The van der Waals surface area contributed by atoms with E-state index in [2.05, 4.69) is 15.6 Å². The van der Waals surface area contributed by atoms with E-state index in [1.165, 1.54) is 24.3 Å². The molecule has 7 heteroatoms. The molecule has 0 aliphatic rings. The molecule has 0 fully saturated rings. The maximum absolute atomic E-state index is 12.4. The number of anilines is 2. The summed E-state index contributed by atoms with van der Waals surface area (Å²) in [6.45, 7) is 0. The van der Waals surface area contributed by atoms with Gasteiger partial charge in [0.1, 0.15) is 11.4 Å². The summed E-state index contributed by atoms with van der Waals surface area (Å²) in [5, 5.41) is 23.1. The number of aromatic nitrogens is 1. The van der Waals surface area contributed by atoms with Crippen molar-refractivity contribution in [1.29, 1.82) is 10.5 Å². The molecule has 2 N–H and O–H groups in total. The molecule has 3 aromatic rings. The molecule has 0 saturated carbocycles. The fourth-order valence-corrected chi connectivity index (χ4v) is 2.41. The highest BCUT2D eigenvalue weighted by Gasteiger charge is 2.13. The van der Waals surface area contributed by atoms with E-state index in [-0.39, 0.29) is 11.4 Å². The van der Waals surface area contributed by atoms with Crippen LogP contribution in [0.2, 0.25) is 0 Å². The van der Waals surface area contributed by atoms with Crippen molar-refractivity contribution in [2.45, 2.75) is 0 Å². The van der Waals surface area contributed by atoms with E-state index in [0.717, 1.165) is 0 Å². The number of hydrogen-bond donors (Lipinski definition) is 2. The van der Waals surface area contributed by atoms with Crippen LogP contribution in [0.4, 0.5) is 11.4 Å². The average molecular weight is 367 g/mol. The second kappa shape index (κ2) is 8.26. The van der Waals surface area contributed by atoms with Crippen molar-refractivity contribution >= 4 is 23.2 Å². The Kier molecular flexibility index (Phi) is 5.40. The van der Waals surface area contributed by atoms with Crippen LogP contribution in [0.15, 0.2) is 66.7 Å². The average Bonchev–Trinajstić information content (AvgIpc) is 2.74. The number of rotatable bonds is 4. The first-order valence-corrected chi connectivity index (χ1v) is 8.19. The minimum atomic E-state index is -0.504. The molecule has 0 unspecified atom stereocenters. The van der Waals surface area contributed by atoms with E-state index < -0.39 is 11.8 Å². The van der Waals surface area contributed by atoms with Gasteiger partial charge >= 0.3 is 0 Å². The SMILES string of the molecule is N#Cc1cccc(NC(=O)c2cccc(C(=O)Nc3cccc(C#N)c3)n2)c1. The maximum Gasteiger partial charge on any atom is 0.274 e. The molecule has 0 saturated heterocycles. The Bertz CT molecular complexity index is 1060. The number of pyridine rings is 1. The molecule has 2 amide bonds. The molecule has 134 valence electrons. The molecule has 0 aliphatic heterocycles. The molecule has 0 atom stereocenters. The summed E-state index contributed by atoms with van der Waals surface area (Å²) in [4.78, 5) is 28.9. The lowest BCUT2D eigenvalue weighted by atomic mass is 10.2. The molecule has 0 bridgehead atoms. The van der Waals surface area contributed by atoms with Crippen LogP contribution in [0, 0.1) is 22.7 Å². The zero-order valence-electron chi connectivity index (χ0n) is 14.5. The van der Waals surface area contributed by atoms with Gasteiger partial charge in [-0.15, -0.1) is 0 Å². The number of carbonyl (C=O) groups excluding carboxylic acids is 2. The van der Waals surface area contributed by atoms with E-state index >= 15 is 0 Å². The minimum absolute atomic E-state index is 0.0563. The van der Waals surface area contributed by atoms with Gasteiger partial charge in [0.25, 0.3) is 11.8 Å². The summed E-state index contributed by atoms with van der Waals surface area (Å²) in [5.41, 5.74) is 1.85. The zero-order valence-corrected chi connectivity index (χ0v) is 14.5.